The van der Waals surface area contributed by atoms with Gasteiger partial charge in [-0.15, -0.1) is 0 Å². The number of anilines is 1. The molecule has 1 amide bonds. The van der Waals surface area contributed by atoms with E-state index in [9.17, 15) is 4.79 Å². The normalized spacial score (nSPS) is 16.2. The highest BCUT2D eigenvalue weighted by atomic mass is 127. The number of pyridine rings is 1. The van der Waals surface area contributed by atoms with Crippen molar-refractivity contribution in [2.75, 3.05) is 31.1 Å². The van der Waals surface area contributed by atoms with Gasteiger partial charge in [0.2, 0.25) is 0 Å². The van der Waals surface area contributed by atoms with Crippen LogP contribution < -0.4 is 4.90 Å². The van der Waals surface area contributed by atoms with Crippen LogP contribution in [0.5, 0.6) is 0 Å². The lowest BCUT2D eigenvalue weighted by Gasteiger charge is -2.36. The number of hydrogen-bond acceptors (Lipinski definition) is 4. The summed E-state index contributed by atoms with van der Waals surface area (Å²) in [5.41, 5.74) is 0.675. The lowest BCUT2D eigenvalue weighted by Crippen LogP contribution is -2.50. The summed E-state index contributed by atoms with van der Waals surface area (Å²) in [6.45, 7) is 8.64. The lowest BCUT2D eigenvalue weighted by atomic mass is 10.2. The van der Waals surface area contributed by atoms with Crippen molar-refractivity contribution in [1.29, 1.82) is 0 Å². The topological polar surface area (TPSA) is 45.7 Å². The standard InChI is InChI=1S/C14H20IN3O2/c1-14(2,3)20-13(19)18-6-4-17(5-7-18)12-8-11(15)9-16-10-12/h8-10H,4-7H2,1-3H3. The molecule has 6 heteroatoms. The Morgan fingerprint density at radius 3 is 2.45 bits per heavy atom. The molecule has 0 radical (unpaired) electrons. The Labute approximate surface area is 133 Å². The Hall–Kier alpha value is -1.05. The van der Waals surface area contributed by atoms with Gasteiger partial charge in [-0.05, 0) is 49.4 Å². The number of nitrogens with zero attached hydrogens (tertiary/aromatic N) is 3. The predicted octanol–water partition coefficient (Wildman–Crippen LogP) is 2.74. The highest BCUT2D eigenvalue weighted by molar-refractivity contribution is 14.1. The number of carbonyl (C=O) groups is 1. The minimum absolute atomic E-state index is 0.224. The van der Waals surface area contributed by atoms with E-state index < -0.39 is 5.60 Å². The van der Waals surface area contributed by atoms with Crippen LogP contribution in [-0.2, 0) is 4.74 Å². The molecule has 1 saturated heterocycles. The first kappa shape index (κ1) is 15.3. The number of piperazine rings is 1. The highest BCUT2D eigenvalue weighted by Gasteiger charge is 2.25. The van der Waals surface area contributed by atoms with Crippen molar-refractivity contribution in [2.24, 2.45) is 0 Å². The summed E-state index contributed by atoms with van der Waals surface area (Å²) in [5, 5.41) is 0. The fourth-order valence-corrected chi connectivity index (χ4v) is 2.53. The summed E-state index contributed by atoms with van der Waals surface area (Å²) in [5.74, 6) is 0. The average Bonchev–Trinajstić information content (AvgIpc) is 2.37. The largest absolute Gasteiger partial charge is 0.444 e. The number of aromatic nitrogens is 1. The smallest absolute Gasteiger partial charge is 0.410 e. The highest BCUT2D eigenvalue weighted by Crippen LogP contribution is 2.18. The van der Waals surface area contributed by atoms with Gasteiger partial charge in [0, 0.05) is 35.9 Å². The van der Waals surface area contributed by atoms with E-state index >= 15 is 0 Å². The fourth-order valence-electron chi connectivity index (χ4n) is 2.05. The van der Waals surface area contributed by atoms with E-state index in [1.165, 1.54) is 0 Å². The number of rotatable bonds is 1. The third kappa shape index (κ3) is 4.22. The SMILES string of the molecule is CC(C)(C)OC(=O)N1CCN(c2cncc(I)c2)CC1. The fraction of sp³-hybridized carbons (Fsp3) is 0.571. The van der Waals surface area contributed by atoms with Crippen molar-refractivity contribution in [3.63, 3.8) is 0 Å². The molecule has 20 heavy (non-hydrogen) atoms. The molecule has 0 N–H and O–H groups in total. The van der Waals surface area contributed by atoms with Crippen molar-refractivity contribution < 1.29 is 9.53 Å². The summed E-state index contributed by atoms with van der Waals surface area (Å²) in [6.07, 6.45) is 3.48. The first-order chi connectivity index (χ1) is 9.35. The van der Waals surface area contributed by atoms with Crippen LogP contribution >= 0.6 is 22.6 Å². The molecule has 0 saturated carbocycles. The summed E-state index contributed by atoms with van der Waals surface area (Å²) < 4.78 is 6.51. The van der Waals surface area contributed by atoms with Crippen molar-refractivity contribution in [2.45, 2.75) is 26.4 Å². The number of hydrogen-bond donors (Lipinski definition) is 0. The molecule has 5 nitrogen and oxygen atoms in total. The van der Waals surface area contributed by atoms with Gasteiger partial charge >= 0.3 is 6.09 Å². The van der Waals surface area contributed by atoms with Crippen molar-refractivity contribution >= 4 is 34.4 Å². The lowest BCUT2D eigenvalue weighted by molar-refractivity contribution is 0.0240. The average molecular weight is 389 g/mol. The van der Waals surface area contributed by atoms with Gasteiger partial charge in [0.1, 0.15) is 5.60 Å². The second-order valence-electron chi connectivity index (χ2n) is 5.82. The third-order valence-corrected chi connectivity index (χ3v) is 3.58. The summed E-state index contributed by atoms with van der Waals surface area (Å²) in [6, 6.07) is 2.11. The predicted molar refractivity (Wildman–Crippen MR) is 87.0 cm³/mol. The van der Waals surface area contributed by atoms with E-state index in [4.69, 9.17) is 4.74 Å². The maximum atomic E-state index is 12.0. The number of halogens is 1. The minimum atomic E-state index is -0.437. The Kier molecular flexibility index (Phi) is 4.72. The molecule has 0 spiro atoms. The van der Waals surface area contributed by atoms with Gasteiger partial charge in [-0.25, -0.2) is 4.79 Å². The third-order valence-electron chi connectivity index (χ3n) is 2.99. The second-order valence-corrected chi connectivity index (χ2v) is 7.06. The van der Waals surface area contributed by atoms with E-state index in [1.807, 2.05) is 33.2 Å². The van der Waals surface area contributed by atoms with Crippen LogP contribution in [-0.4, -0.2) is 47.8 Å². The van der Waals surface area contributed by atoms with Gasteiger partial charge in [-0.3, -0.25) is 4.98 Å². The van der Waals surface area contributed by atoms with E-state index in [1.54, 1.807) is 4.90 Å². The van der Waals surface area contributed by atoms with Gasteiger partial charge in [-0.2, -0.15) is 0 Å². The number of amides is 1. The summed E-state index contributed by atoms with van der Waals surface area (Å²) >= 11 is 2.26. The molecule has 2 heterocycles. The van der Waals surface area contributed by atoms with Crippen LogP contribution in [0.2, 0.25) is 0 Å². The van der Waals surface area contributed by atoms with E-state index in [0.717, 1.165) is 22.3 Å². The van der Waals surface area contributed by atoms with E-state index in [-0.39, 0.29) is 6.09 Å². The van der Waals surface area contributed by atoms with Gasteiger partial charge in [0.05, 0.1) is 11.9 Å². The Morgan fingerprint density at radius 2 is 1.90 bits per heavy atom. The van der Waals surface area contributed by atoms with Crippen LogP contribution in [0.1, 0.15) is 20.8 Å². The van der Waals surface area contributed by atoms with Crippen LogP contribution in [0.4, 0.5) is 10.5 Å². The summed E-state index contributed by atoms with van der Waals surface area (Å²) in [4.78, 5) is 20.2. The van der Waals surface area contributed by atoms with Gasteiger partial charge < -0.3 is 14.5 Å². The van der Waals surface area contributed by atoms with E-state index in [2.05, 4.69) is 38.5 Å². The molecule has 2 rings (SSSR count). The van der Waals surface area contributed by atoms with Gasteiger partial charge in [-0.1, -0.05) is 0 Å². The zero-order valence-electron chi connectivity index (χ0n) is 12.1. The molecule has 1 aromatic heterocycles. The molecular formula is C14H20IN3O2. The molecule has 110 valence electrons. The molecule has 0 bridgehead atoms. The monoisotopic (exact) mass is 389 g/mol. The van der Waals surface area contributed by atoms with Crippen molar-refractivity contribution in [3.05, 3.63) is 22.0 Å². The molecule has 1 aliphatic heterocycles. The van der Waals surface area contributed by atoms with Crippen LogP contribution in [0.25, 0.3) is 0 Å². The quantitative estimate of drug-likeness (QED) is 0.693. The molecule has 0 atom stereocenters. The maximum absolute atomic E-state index is 12.0. The van der Waals surface area contributed by atoms with Crippen molar-refractivity contribution in [3.8, 4) is 0 Å². The molecule has 1 fully saturated rings. The molecular weight excluding hydrogens is 369 g/mol. The number of carbonyl (C=O) groups excluding carboxylic acids is 1. The first-order valence-corrected chi connectivity index (χ1v) is 7.76. The Balaban J connectivity index is 1.91. The van der Waals surface area contributed by atoms with E-state index in [0.29, 0.717) is 13.1 Å². The van der Waals surface area contributed by atoms with Gasteiger partial charge in [0.25, 0.3) is 0 Å². The van der Waals surface area contributed by atoms with Crippen LogP contribution in [0.3, 0.4) is 0 Å². The zero-order chi connectivity index (χ0) is 14.8. The molecule has 1 aliphatic rings. The second kappa shape index (κ2) is 6.15. The Morgan fingerprint density at radius 1 is 1.25 bits per heavy atom. The van der Waals surface area contributed by atoms with Crippen LogP contribution in [0.15, 0.2) is 18.5 Å². The Bertz CT molecular complexity index is 480. The zero-order valence-corrected chi connectivity index (χ0v) is 14.3. The van der Waals surface area contributed by atoms with Crippen LogP contribution in [0, 0.1) is 3.57 Å². The minimum Gasteiger partial charge on any atom is -0.444 e. The number of ether oxygens (including phenoxy) is 1. The molecule has 0 aliphatic carbocycles. The van der Waals surface area contributed by atoms with Gasteiger partial charge in [0.15, 0.2) is 0 Å². The molecule has 0 aromatic carbocycles. The molecule has 1 aromatic rings. The summed E-state index contributed by atoms with van der Waals surface area (Å²) in [7, 11) is 0. The molecule has 0 unspecified atom stereocenters. The maximum Gasteiger partial charge on any atom is 0.410 e. The van der Waals surface area contributed by atoms with Crippen molar-refractivity contribution in [1.82, 2.24) is 9.88 Å². The first-order valence-electron chi connectivity index (χ1n) is 6.68.